The van der Waals surface area contributed by atoms with Gasteiger partial charge in [-0.25, -0.2) is 0 Å². The van der Waals surface area contributed by atoms with E-state index >= 15 is 0 Å². The summed E-state index contributed by atoms with van der Waals surface area (Å²) in [5.74, 6) is -0.0173. The number of unbranched alkanes of at least 4 members (excludes halogenated alkanes) is 52. The summed E-state index contributed by atoms with van der Waals surface area (Å²) in [6.07, 6.45) is 79.6. The normalized spacial score (nSPS) is 12.5. The first-order valence-corrected chi connectivity index (χ1v) is 34.4. The van der Waals surface area contributed by atoms with Crippen molar-refractivity contribution in [3.05, 3.63) is 12.2 Å². The Bertz CT molecular complexity index is 1130. The molecule has 0 heterocycles. The topological polar surface area (TPSA) is 95.9 Å². The van der Waals surface area contributed by atoms with Crippen LogP contribution in [-0.4, -0.2) is 47.4 Å². The van der Waals surface area contributed by atoms with Crippen LogP contribution in [0.4, 0.5) is 0 Å². The molecule has 0 fully saturated rings. The molecule has 446 valence electrons. The third-order valence-electron chi connectivity index (χ3n) is 16.3. The van der Waals surface area contributed by atoms with E-state index in [2.05, 4.69) is 31.3 Å². The van der Waals surface area contributed by atoms with E-state index in [9.17, 15) is 19.8 Å². The number of allylic oxidation sites excluding steroid dienone is 2. The number of hydrogen-bond donors (Lipinski definition) is 3. The second-order valence-electron chi connectivity index (χ2n) is 23.9. The van der Waals surface area contributed by atoms with Gasteiger partial charge in [0.1, 0.15) is 0 Å². The molecule has 0 aromatic heterocycles. The quantitative estimate of drug-likeness (QED) is 0.0320. The van der Waals surface area contributed by atoms with Gasteiger partial charge in [0.2, 0.25) is 5.91 Å². The number of carbonyl (C=O) groups is 2. The monoisotopic (exact) mass is 1060 g/mol. The average Bonchev–Trinajstić information content (AvgIpc) is 3.41. The molecule has 2 unspecified atom stereocenters. The van der Waals surface area contributed by atoms with Crippen LogP contribution < -0.4 is 5.32 Å². The summed E-state index contributed by atoms with van der Waals surface area (Å²) in [5, 5.41) is 23.4. The molecule has 6 heteroatoms. The number of hydrogen-bond acceptors (Lipinski definition) is 5. The molecular weight excluding hydrogens is 923 g/mol. The van der Waals surface area contributed by atoms with Gasteiger partial charge in [-0.3, -0.25) is 9.59 Å². The Labute approximate surface area is 469 Å². The van der Waals surface area contributed by atoms with E-state index in [-0.39, 0.29) is 18.5 Å². The molecule has 0 saturated carbocycles. The molecule has 0 aliphatic carbocycles. The van der Waals surface area contributed by atoms with Gasteiger partial charge in [-0.2, -0.15) is 0 Å². The lowest BCUT2D eigenvalue weighted by molar-refractivity contribution is -0.143. The zero-order valence-corrected chi connectivity index (χ0v) is 51.1. The molecule has 0 aliphatic rings. The summed E-state index contributed by atoms with van der Waals surface area (Å²) in [7, 11) is 0. The van der Waals surface area contributed by atoms with E-state index in [0.717, 1.165) is 44.9 Å². The predicted molar refractivity (Wildman–Crippen MR) is 329 cm³/mol. The molecule has 0 aromatic rings. The van der Waals surface area contributed by atoms with E-state index in [4.69, 9.17) is 4.74 Å². The molecule has 6 nitrogen and oxygen atoms in total. The SMILES string of the molecule is CCCCCCCC/C=C\CCCCCCCCCCCC(=O)OCCCCCCCCCCCCCCCCCCCCCCCCC(=O)NC(CO)C(O)CCCCCCCCCCCCCCCCCCC. The lowest BCUT2D eigenvalue weighted by atomic mass is 10.0. The summed E-state index contributed by atoms with van der Waals surface area (Å²) < 4.78 is 5.51. The Morgan fingerprint density at radius 1 is 0.360 bits per heavy atom. The van der Waals surface area contributed by atoms with Crippen molar-refractivity contribution < 1.29 is 24.5 Å². The molecule has 0 rings (SSSR count). The maximum Gasteiger partial charge on any atom is 0.305 e. The molecule has 0 aliphatic heterocycles. The Morgan fingerprint density at radius 3 is 0.947 bits per heavy atom. The van der Waals surface area contributed by atoms with Crippen molar-refractivity contribution in [2.45, 2.75) is 405 Å². The number of ether oxygens (including phenoxy) is 1. The molecule has 0 aromatic carbocycles. The van der Waals surface area contributed by atoms with E-state index in [1.807, 2.05) is 0 Å². The van der Waals surface area contributed by atoms with E-state index in [0.29, 0.717) is 25.9 Å². The van der Waals surface area contributed by atoms with Gasteiger partial charge in [0.05, 0.1) is 25.4 Å². The Balaban J connectivity index is 3.35. The lowest BCUT2D eigenvalue weighted by Crippen LogP contribution is -2.45. The van der Waals surface area contributed by atoms with Crippen LogP contribution in [0.2, 0.25) is 0 Å². The van der Waals surface area contributed by atoms with Gasteiger partial charge in [0.25, 0.3) is 0 Å². The molecule has 1 amide bonds. The van der Waals surface area contributed by atoms with Gasteiger partial charge in [0, 0.05) is 12.8 Å². The fraction of sp³-hybridized carbons (Fsp3) is 0.942. The Hall–Kier alpha value is -1.40. The first kappa shape index (κ1) is 73.6. The van der Waals surface area contributed by atoms with Crippen LogP contribution in [0.3, 0.4) is 0 Å². The van der Waals surface area contributed by atoms with Crippen molar-refractivity contribution in [1.82, 2.24) is 5.32 Å². The van der Waals surface area contributed by atoms with Crippen molar-refractivity contribution in [3.8, 4) is 0 Å². The highest BCUT2D eigenvalue weighted by Crippen LogP contribution is 2.19. The molecule has 2 atom stereocenters. The van der Waals surface area contributed by atoms with Crippen LogP contribution >= 0.6 is 0 Å². The average molecular weight is 1060 g/mol. The maximum absolute atomic E-state index is 12.5. The zero-order chi connectivity index (χ0) is 54.3. The molecule has 0 saturated heterocycles. The number of amides is 1. The Kier molecular flexibility index (Phi) is 63.9. The van der Waals surface area contributed by atoms with Crippen LogP contribution in [0.15, 0.2) is 12.2 Å². The minimum absolute atomic E-state index is 0.0140. The van der Waals surface area contributed by atoms with Crippen LogP contribution in [0.25, 0.3) is 0 Å². The summed E-state index contributed by atoms with van der Waals surface area (Å²) in [4.78, 5) is 24.6. The minimum Gasteiger partial charge on any atom is -0.466 e. The molecule has 3 N–H and O–H groups in total. The van der Waals surface area contributed by atoms with Gasteiger partial charge in [-0.05, 0) is 51.4 Å². The number of nitrogens with one attached hydrogen (secondary N) is 1. The van der Waals surface area contributed by atoms with Crippen molar-refractivity contribution in [2.24, 2.45) is 0 Å². The van der Waals surface area contributed by atoms with Gasteiger partial charge in [-0.15, -0.1) is 0 Å². The first-order chi connectivity index (χ1) is 37.0. The van der Waals surface area contributed by atoms with Crippen molar-refractivity contribution in [2.75, 3.05) is 13.2 Å². The minimum atomic E-state index is -0.664. The summed E-state index contributed by atoms with van der Waals surface area (Å²) in [6, 6.07) is -0.541. The highest BCUT2D eigenvalue weighted by molar-refractivity contribution is 5.76. The van der Waals surface area contributed by atoms with E-state index < -0.39 is 12.1 Å². The number of aliphatic hydroxyl groups is 2. The smallest absolute Gasteiger partial charge is 0.305 e. The highest BCUT2D eigenvalue weighted by Gasteiger charge is 2.20. The second kappa shape index (κ2) is 65.1. The molecule has 0 spiro atoms. The molecule has 0 bridgehead atoms. The fourth-order valence-electron chi connectivity index (χ4n) is 11.1. The Morgan fingerprint density at radius 2 is 0.627 bits per heavy atom. The van der Waals surface area contributed by atoms with Crippen molar-refractivity contribution in [3.63, 3.8) is 0 Å². The van der Waals surface area contributed by atoms with Gasteiger partial charge >= 0.3 is 5.97 Å². The predicted octanol–water partition coefficient (Wildman–Crippen LogP) is 22.0. The number of carbonyl (C=O) groups excluding carboxylic acids is 2. The number of aliphatic hydroxyl groups excluding tert-OH is 2. The van der Waals surface area contributed by atoms with E-state index in [1.54, 1.807) is 0 Å². The van der Waals surface area contributed by atoms with Crippen molar-refractivity contribution >= 4 is 11.9 Å². The van der Waals surface area contributed by atoms with Gasteiger partial charge in [-0.1, -0.05) is 341 Å². The zero-order valence-electron chi connectivity index (χ0n) is 51.1. The van der Waals surface area contributed by atoms with Crippen LogP contribution in [0.5, 0.6) is 0 Å². The molecule has 75 heavy (non-hydrogen) atoms. The molecule has 0 radical (unpaired) electrons. The molecular formula is C69H135NO5. The largest absolute Gasteiger partial charge is 0.466 e. The van der Waals surface area contributed by atoms with E-state index in [1.165, 1.54) is 315 Å². The lowest BCUT2D eigenvalue weighted by Gasteiger charge is -2.22. The standard InChI is InChI=1S/C69H135NO5/c1-3-5-7-9-11-13-15-17-19-21-26-31-35-39-43-47-51-55-59-63-69(74)75-64-60-56-52-48-44-40-36-32-28-25-23-22-24-27-30-34-38-42-46-50-54-58-62-68(73)70-66(65-71)67(72)61-57-53-49-45-41-37-33-29-20-18-16-14-12-10-8-6-4-2/h17,19,66-67,71-72H,3-16,18,20-65H2,1-2H3,(H,70,73)/b19-17-. The summed E-state index contributed by atoms with van der Waals surface area (Å²) >= 11 is 0. The van der Waals surface area contributed by atoms with Gasteiger partial charge in [0.15, 0.2) is 0 Å². The van der Waals surface area contributed by atoms with Crippen LogP contribution in [0, 0.1) is 0 Å². The van der Waals surface area contributed by atoms with Crippen LogP contribution in [0.1, 0.15) is 393 Å². The second-order valence-corrected chi connectivity index (χ2v) is 23.9. The van der Waals surface area contributed by atoms with Crippen molar-refractivity contribution in [1.29, 1.82) is 0 Å². The summed E-state index contributed by atoms with van der Waals surface area (Å²) in [6.45, 7) is 4.99. The van der Waals surface area contributed by atoms with Crippen LogP contribution in [-0.2, 0) is 14.3 Å². The maximum atomic E-state index is 12.5. The first-order valence-electron chi connectivity index (χ1n) is 34.4. The fourth-order valence-corrected chi connectivity index (χ4v) is 11.1. The number of esters is 1. The third kappa shape index (κ3) is 61.7. The third-order valence-corrected chi connectivity index (χ3v) is 16.3. The number of rotatable bonds is 65. The van der Waals surface area contributed by atoms with Gasteiger partial charge < -0.3 is 20.3 Å². The summed E-state index contributed by atoms with van der Waals surface area (Å²) in [5.41, 5.74) is 0. The highest BCUT2D eigenvalue weighted by atomic mass is 16.5.